The predicted molar refractivity (Wildman–Crippen MR) is 273 cm³/mol. The summed E-state index contributed by atoms with van der Waals surface area (Å²) in [5.74, 6) is -0.542. The van der Waals surface area contributed by atoms with E-state index < -0.39 is 18.2 Å². The molecule has 362 valence electrons. The molecule has 63 heavy (non-hydrogen) atoms. The second-order valence-corrected chi connectivity index (χ2v) is 17.6. The molecule has 0 aliphatic heterocycles. The summed E-state index contributed by atoms with van der Waals surface area (Å²) in [4.78, 5) is 26.2. The average molecular weight is 878 g/mol. The number of carbonyl (C=O) groups is 2. The fraction of sp³-hybridized carbons (Fsp3) is 0.719. The van der Waals surface area contributed by atoms with Gasteiger partial charge in [-0.2, -0.15) is 0 Å². The van der Waals surface area contributed by atoms with Crippen molar-refractivity contribution in [1.82, 2.24) is 5.32 Å². The van der Waals surface area contributed by atoms with Gasteiger partial charge in [0.2, 0.25) is 5.91 Å². The van der Waals surface area contributed by atoms with Crippen molar-refractivity contribution in [3.8, 4) is 0 Å². The van der Waals surface area contributed by atoms with E-state index in [4.69, 9.17) is 4.74 Å². The smallest absolute Gasteiger partial charge is 0.306 e. The molecule has 0 heterocycles. The molecule has 0 aromatic heterocycles. The van der Waals surface area contributed by atoms with Gasteiger partial charge in [-0.3, -0.25) is 9.59 Å². The Labute approximate surface area is 389 Å². The lowest BCUT2D eigenvalue weighted by atomic mass is 10.0. The molecule has 0 aliphatic carbocycles. The topological polar surface area (TPSA) is 95.9 Å². The van der Waals surface area contributed by atoms with E-state index in [2.05, 4.69) is 105 Å². The lowest BCUT2D eigenvalue weighted by molar-refractivity contribution is -0.151. The van der Waals surface area contributed by atoms with Crippen molar-refractivity contribution in [3.05, 3.63) is 85.1 Å². The zero-order chi connectivity index (χ0) is 45.9. The molecule has 6 nitrogen and oxygen atoms in total. The van der Waals surface area contributed by atoms with Gasteiger partial charge < -0.3 is 20.3 Å². The van der Waals surface area contributed by atoms with Gasteiger partial charge in [0.1, 0.15) is 6.10 Å². The number of hydrogen-bond acceptors (Lipinski definition) is 5. The number of ether oxygens (including phenoxy) is 1. The van der Waals surface area contributed by atoms with Crippen LogP contribution in [0.25, 0.3) is 0 Å². The lowest BCUT2D eigenvalue weighted by Crippen LogP contribution is -2.46. The summed E-state index contributed by atoms with van der Waals surface area (Å²) in [6.07, 6.45) is 64.9. The van der Waals surface area contributed by atoms with Gasteiger partial charge in [0.15, 0.2) is 0 Å². The van der Waals surface area contributed by atoms with Gasteiger partial charge in [0.25, 0.3) is 0 Å². The van der Waals surface area contributed by atoms with Crippen LogP contribution in [-0.2, 0) is 14.3 Å². The van der Waals surface area contributed by atoms with Gasteiger partial charge in [0, 0.05) is 6.42 Å². The third-order valence-corrected chi connectivity index (χ3v) is 11.6. The summed E-state index contributed by atoms with van der Waals surface area (Å²) < 4.78 is 5.91. The van der Waals surface area contributed by atoms with Crippen molar-refractivity contribution in [2.75, 3.05) is 6.61 Å². The Hall–Kier alpha value is -2.96. The third-order valence-electron chi connectivity index (χ3n) is 11.6. The standard InChI is InChI=1S/C57H99NO5/c1-4-7-10-13-16-19-22-25-28-29-30-33-36-39-42-45-48-53(63-57(62)50-47-44-41-38-35-32-27-24-21-18-15-12-9-6-3)51-56(61)58-54(52-59)55(60)49-46-43-40-37-34-31-26-23-20-17-14-11-8-5-2/h9,12,16,18-19,21-22,25,27-30,32-33,53-55,59-60H,4-8,10-11,13-15,17,20,23-24,26,31,34-52H2,1-3H3,(H,58,61)/b12-9+,19-16+,21-18+,25-22+,29-28+,32-27+,33-30+. The Balaban J connectivity index is 4.71. The minimum absolute atomic E-state index is 0.0386. The van der Waals surface area contributed by atoms with Gasteiger partial charge in [-0.15, -0.1) is 0 Å². The van der Waals surface area contributed by atoms with Crippen molar-refractivity contribution >= 4 is 11.9 Å². The Bertz CT molecular complexity index is 1210. The number of unbranched alkanes of at least 4 members (excludes halogenated alkanes) is 23. The van der Waals surface area contributed by atoms with E-state index >= 15 is 0 Å². The van der Waals surface area contributed by atoms with E-state index in [1.807, 2.05) is 6.08 Å². The average Bonchev–Trinajstić information content (AvgIpc) is 3.28. The van der Waals surface area contributed by atoms with Crippen LogP contribution < -0.4 is 5.32 Å². The number of aliphatic hydroxyl groups is 2. The maximum atomic E-state index is 13.2. The number of hydrogen-bond donors (Lipinski definition) is 3. The molecular formula is C57H99NO5. The molecule has 3 atom stereocenters. The quantitative estimate of drug-likeness (QED) is 0.0245. The Morgan fingerprint density at radius 1 is 0.492 bits per heavy atom. The van der Waals surface area contributed by atoms with Crippen molar-refractivity contribution < 1.29 is 24.5 Å². The third kappa shape index (κ3) is 45.4. The number of rotatable bonds is 46. The first-order chi connectivity index (χ1) is 31.0. The van der Waals surface area contributed by atoms with Crippen LogP contribution in [0.5, 0.6) is 0 Å². The maximum Gasteiger partial charge on any atom is 0.306 e. The van der Waals surface area contributed by atoms with E-state index in [1.165, 1.54) is 89.9 Å². The van der Waals surface area contributed by atoms with E-state index in [-0.39, 0.29) is 24.9 Å². The van der Waals surface area contributed by atoms with Crippen molar-refractivity contribution in [2.24, 2.45) is 0 Å². The number of carbonyl (C=O) groups excluding carboxylic acids is 2. The molecule has 0 radical (unpaired) electrons. The lowest BCUT2D eigenvalue weighted by Gasteiger charge is -2.24. The van der Waals surface area contributed by atoms with Crippen LogP contribution in [0.4, 0.5) is 0 Å². The highest BCUT2D eigenvalue weighted by molar-refractivity contribution is 5.77. The van der Waals surface area contributed by atoms with E-state index in [0.717, 1.165) is 103 Å². The number of esters is 1. The molecule has 3 unspecified atom stereocenters. The molecule has 0 aromatic carbocycles. The molecule has 0 saturated carbocycles. The van der Waals surface area contributed by atoms with E-state index in [0.29, 0.717) is 19.3 Å². The highest BCUT2D eigenvalue weighted by Gasteiger charge is 2.24. The first-order valence-corrected chi connectivity index (χ1v) is 26.4. The summed E-state index contributed by atoms with van der Waals surface area (Å²) >= 11 is 0. The van der Waals surface area contributed by atoms with Crippen LogP contribution in [-0.4, -0.2) is 46.9 Å². The van der Waals surface area contributed by atoms with Crippen LogP contribution in [0, 0.1) is 0 Å². The molecule has 0 aliphatic rings. The molecule has 3 N–H and O–H groups in total. The second kappa shape index (κ2) is 50.0. The van der Waals surface area contributed by atoms with Crippen LogP contribution in [0.15, 0.2) is 85.1 Å². The summed E-state index contributed by atoms with van der Waals surface area (Å²) in [6, 6.07) is -0.724. The van der Waals surface area contributed by atoms with E-state index in [9.17, 15) is 19.8 Å². The molecule has 0 bridgehead atoms. The molecule has 0 spiro atoms. The molecule has 0 saturated heterocycles. The number of aliphatic hydroxyl groups excluding tert-OH is 2. The number of amides is 1. The summed E-state index contributed by atoms with van der Waals surface area (Å²) in [5, 5.41) is 23.8. The van der Waals surface area contributed by atoms with Gasteiger partial charge in [0.05, 0.1) is 25.2 Å². The summed E-state index contributed by atoms with van der Waals surface area (Å²) in [7, 11) is 0. The Kier molecular flexibility index (Phi) is 47.7. The van der Waals surface area contributed by atoms with Crippen LogP contribution in [0.1, 0.15) is 239 Å². The van der Waals surface area contributed by atoms with Gasteiger partial charge in [-0.25, -0.2) is 0 Å². The second-order valence-electron chi connectivity index (χ2n) is 17.6. The monoisotopic (exact) mass is 878 g/mol. The predicted octanol–water partition coefficient (Wildman–Crippen LogP) is 16.0. The highest BCUT2D eigenvalue weighted by atomic mass is 16.5. The van der Waals surface area contributed by atoms with Gasteiger partial charge in [-0.1, -0.05) is 228 Å². The van der Waals surface area contributed by atoms with Crippen LogP contribution in [0.3, 0.4) is 0 Å². The SMILES string of the molecule is CC/C=C/C/C=C/C/C=C/CCCCCCC(=O)OC(CCCCC/C=C/C=C/C=C/C=C/CCCCC)CC(=O)NC(CO)C(O)CCCCCCCCCCCCCCCC. The van der Waals surface area contributed by atoms with Crippen molar-refractivity contribution in [2.45, 2.75) is 257 Å². The fourth-order valence-corrected chi connectivity index (χ4v) is 7.57. The first kappa shape index (κ1) is 60.0. The molecule has 0 fully saturated rings. The van der Waals surface area contributed by atoms with Crippen LogP contribution in [0.2, 0.25) is 0 Å². The normalized spacial score (nSPS) is 13.9. The summed E-state index contributed by atoms with van der Waals surface area (Å²) in [6.45, 7) is 6.32. The largest absolute Gasteiger partial charge is 0.462 e. The first-order valence-electron chi connectivity index (χ1n) is 26.4. The minimum Gasteiger partial charge on any atom is -0.462 e. The summed E-state index contributed by atoms with van der Waals surface area (Å²) in [5.41, 5.74) is 0. The Morgan fingerprint density at radius 3 is 1.49 bits per heavy atom. The zero-order valence-corrected chi connectivity index (χ0v) is 41.2. The molecular weight excluding hydrogens is 779 g/mol. The maximum absolute atomic E-state index is 13.2. The van der Waals surface area contributed by atoms with Crippen molar-refractivity contribution in [3.63, 3.8) is 0 Å². The number of allylic oxidation sites excluding steroid dienone is 14. The molecule has 1 amide bonds. The zero-order valence-electron chi connectivity index (χ0n) is 41.2. The Morgan fingerprint density at radius 2 is 0.921 bits per heavy atom. The van der Waals surface area contributed by atoms with Gasteiger partial charge >= 0.3 is 5.97 Å². The molecule has 0 rings (SSSR count). The van der Waals surface area contributed by atoms with E-state index in [1.54, 1.807) is 0 Å². The molecule has 0 aromatic rings. The minimum atomic E-state index is -0.807. The highest BCUT2D eigenvalue weighted by Crippen LogP contribution is 2.17. The van der Waals surface area contributed by atoms with Crippen molar-refractivity contribution in [1.29, 1.82) is 0 Å². The number of nitrogens with one attached hydrogen (secondary N) is 1. The fourth-order valence-electron chi connectivity index (χ4n) is 7.57. The van der Waals surface area contributed by atoms with Gasteiger partial charge in [-0.05, 0) is 83.5 Å². The van der Waals surface area contributed by atoms with Crippen LogP contribution >= 0.6 is 0 Å². The molecule has 6 heteroatoms.